The summed E-state index contributed by atoms with van der Waals surface area (Å²) in [6, 6.07) is 0.396. The number of nitrogens with one attached hydrogen (secondary N) is 2. The van der Waals surface area contributed by atoms with Crippen molar-refractivity contribution in [3.05, 3.63) is 18.6 Å². The molecule has 1 aliphatic heterocycles. The molecule has 6 nitrogen and oxygen atoms in total. The molecular weight excluding hydrogens is 314 g/mol. The minimum atomic E-state index is 0.162. The van der Waals surface area contributed by atoms with Gasteiger partial charge in [0, 0.05) is 44.0 Å². The summed E-state index contributed by atoms with van der Waals surface area (Å²) in [6.45, 7) is 8.67. The van der Waals surface area contributed by atoms with Gasteiger partial charge in [-0.15, -0.1) is 0 Å². The van der Waals surface area contributed by atoms with Crippen LogP contribution in [0.3, 0.4) is 0 Å². The molecule has 0 unspecified atom stereocenters. The Morgan fingerprint density at radius 2 is 2.08 bits per heavy atom. The number of nitrogens with zero attached hydrogens (tertiary/aromatic N) is 3. The van der Waals surface area contributed by atoms with Crippen LogP contribution in [0.5, 0.6) is 0 Å². The number of anilines is 1. The molecule has 1 aromatic rings. The van der Waals surface area contributed by atoms with Crippen LogP contribution in [0, 0.1) is 11.3 Å². The Kier molecular flexibility index (Phi) is 5.89. The van der Waals surface area contributed by atoms with E-state index in [2.05, 4.69) is 39.3 Å². The first-order valence-corrected chi connectivity index (χ1v) is 9.54. The van der Waals surface area contributed by atoms with Gasteiger partial charge in [-0.1, -0.05) is 13.8 Å². The van der Waals surface area contributed by atoms with Crippen molar-refractivity contribution in [3.8, 4) is 0 Å². The number of hydrogen-bond acceptors (Lipinski definition) is 5. The van der Waals surface area contributed by atoms with Gasteiger partial charge >= 0.3 is 0 Å². The average Bonchev–Trinajstić information content (AvgIpc) is 2.95. The van der Waals surface area contributed by atoms with Crippen LogP contribution >= 0.6 is 0 Å². The van der Waals surface area contributed by atoms with Crippen LogP contribution < -0.4 is 10.6 Å². The first-order valence-electron chi connectivity index (χ1n) is 9.54. The molecule has 2 N–H and O–H groups in total. The van der Waals surface area contributed by atoms with Crippen molar-refractivity contribution in [2.24, 2.45) is 11.3 Å². The van der Waals surface area contributed by atoms with Crippen LogP contribution in [-0.4, -0.2) is 53.0 Å². The molecule has 0 atom stereocenters. The van der Waals surface area contributed by atoms with Gasteiger partial charge < -0.3 is 15.5 Å². The Hall–Kier alpha value is -1.69. The fraction of sp³-hybridized carbons (Fsp3) is 0.737. The van der Waals surface area contributed by atoms with E-state index < -0.39 is 0 Å². The van der Waals surface area contributed by atoms with Gasteiger partial charge in [-0.25, -0.2) is 4.98 Å². The van der Waals surface area contributed by atoms with Gasteiger partial charge in [0.05, 0.1) is 6.20 Å². The van der Waals surface area contributed by atoms with Crippen molar-refractivity contribution in [3.63, 3.8) is 0 Å². The van der Waals surface area contributed by atoms with Crippen LogP contribution in [0.2, 0.25) is 0 Å². The Morgan fingerprint density at radius 3 is 2.72 bits per heavy atom. The summed E-state index contributed by atoms with van der Waals surface area (Å²) in [7, 11) is 0. The second-order valence-corrected chi connectivity index (χ2v) is 8.26. The fourth-order valence-electron chi connectivity index (χ4n) is 3.98. The predicted octanol–water partition coefficient (Wildman–Crippen LogP) is 2.30. The van der Waals surface area contributed by atoms with E-state index in [4.69, 9.17) is 0 Å². The van der Waals surface area contributed by atoms with Gasteiger partial charge in [0.25, 0.3) is 0 Å². The molecule has 3 rings (SSSR count). The maximum absolute atomic E-state index is 12.4. The molecule has 0 spiro atoms. The number of amides is 1. The van der Waals surface area contributed by atoms with Gasteiger partial charge in [-0.3, -0.25) is 9.78 Å². The van der Waals surface area contributed by atoms with Crippen LogP contribution in [-0.2, 0) is 4.79 Å². The molecule has 1 saturated heterocycles. The normalized spacial score (nSPS) is 26.3. The quantitative estimate of drug-likeness (QED) is 0.828. The van der Waals surface area contributed by atoms with Crippen molar-refractivity contribution < 1.29 is 4.79 Å². The van der Waals surface area contributed by atoms with Gasteiger partial charge in [0.15, 0.2) is 0 Å². The van der Waals surface area contributed by atoms with Crippen LogP contribution in [0.25, 0.3) is 0 Å². The standard InChI is InChI=1S/C19H31N5O/c1-19(2)7-11-24(14-19)12-10-22-18(25)15-3-5-16(6-4-15)23-17-13-20-8-9-21-17/h8-9,13,15-16H,3-7,10-12,14H2,1-2H3,(H,21,23)(H,22,25). The highest BCUT2D eigenvalue weighted by Gasteiger charge is 2.29. The molecule has 1 saturated carbocycles. The number of hydrogen-bond donors (Lipinski definition) is 2. The Labute approximate surface area is 150 Å². The van der Waals surface area contributed by atoms with Crippen LogP contribution in [0.15, 0.2) is 18.6 Å². The van der Waals surface area contributed by atoms with E-state index in [1.807, 2.05) is 0 Å². The number of rotatable bonds is 6. The Balaban J connectivity index is 1.33. The molecule has 1 aliphatic carbocycles. The molecule has 2 fully saturated rings. The molecule has 1 amide bonds. The lowest BCUT2D eigenvalue weighted by molar-refractivity contribution is -0.126. The van der Waals surface area contributed by atoms with Gasteiger partial charge in [0.1, 0.15) is 5.82 Å². The average molecular weight is 345 g/mol. The minimum Gasteiger partial charge on any atom is -0.366 e. The summed E-state index contributed by atoms with van der Waals surface area (Å²) < 4.78 is 0. The third-order valence-electron chi connectivity index (χ3n) is 5.50. The summed E-state index contributed by atoms with van der Waals surface area (Å²) in [5, 5.41) is 6.56. The molecule has 0 radical (unpaired) electrons. The number of likely N-dealkylation sites (tertiary alicyclic amines) is 1. The van der Waals surface area contributed by atoms with E-state index in [1.54, 1.807) is 18.6 Å². The number of aromatic nitrogens is 2. The third-order valence-corrected chi connectivity index (χ3v) is 5.50. The summed E-state index contributed by atoms with van der Waals surface area (Å²) in [6.07, 6.45) is 10.3. The molecule has 0 aromatic carbocycles. The third kappa shape index (κ3) is 5.39. The van der Waals surface area contributed by atoms with E-state index in [9.17, 15) is 4.79 Å². The van der Waals surface area contributed by atoms with Gasteiger partial charge in [-0.05, 0) is 44.1 Å². The first-order chi connectivity index (χ1) is 12.0. The lowest BCUT2D eigenvalue weighted by Gasteiger charge is -2.29. The smallest absolute Gasteiger partial charge is 0.223 e. The Morgan fingerprint density at radius 1 is 1.28 bits per heavy atom. The first kappa shape index (κ1) is 18.1. The fourth-order valence-corrected chi connectivity index (χ4v) is 3.98. The highest BCUT2D eigenvalue weighted by Crippen LogP contribution is 2.28. The van der Waals surface area contributed by atoms with E-state index >= 15 is 0 Å². The lowest BCUT2D eigenvalue weighted by atomic mass is 9.85. The second kappa shape index (κ2) is 8.13. The largest absolute Gasteiger partial charge is 0.366 e. The number of carbonyl (C=O) groups is 1. The zero-order valence-electron chi connectivity index (χ0n) is 15.5. The SMILES string of the molecule is CC1(C)CCN(CCNC(=O)C2CCC(Nc3cnccn3)CC2)C1. The zero-order valence-corrected chi connectivity index (χ0v) is 15.5. The predicted molar refractivity (Wildman–Crippen MR) is 99.2 cm³/mol. The molecule has 138 valence electrons. The molecule has 1 aromatic heterocycles. The molecule has 2 aliphatic rings. The summed E-state index contributed by atoms with van der Waals surface area (Å²) in [5.41, 5.74) is 0.429. The molecule has 2 heterocycles. The maximum atomic E-state index is 12.4. The van der Waals surface area contributed by atoms with Crippen LogP contribution in [0.1, 0.15) is 46.0 Å². The molecular formula is C19H31N5O. The molecule has 25 heavy (non-hydrogen) atoms. The summed E-state index contributed by atoms with van der Waals surface area (Å²) >= 11 is 0. The van der Waals surface area contributed by atoms with Crippen molar-refractivity contribution >= 4 is 11.7 Å². The van der Waals surface area contributed by atoms with Crippen molar-refractivity contribution in [1.29, 1.82) is 0 Å². The van der Waals surface area contributed by atoms with Crippen molar-refractivity contribution in [1.82, 2.24) is 20.2 Å². The molecule has 6 heteroatoms. The minimum absolute atomic E-state index is 0.162. The number of carbonyl (C=O) groups excluding carboxylic acids is 1. The Bertz CT molecular complexity index is 554. The van der Waals surface area contributed by atoms with E-state index in [-0.39, 0.29) is 11.8 Å². The summed E-state index contributed by atoms with van der Waals surface area (Å²) in [4.78, 5) is 23.2. The van der Waals surface area contributed by atoms with E-state index in [0.29, 0.717) is 11.5 Å². The second-order valence-electron chi connectivity index (χ2n) is 8.26. The highest BCUT2D eigenvalue weighted by molar-refractivity contribution is 5.78. The van der Waals surface area contributed by atoms with E-state index in [1.165, 1.54) is 6.42 Å². The van der Waals surface area contributed by atoms with Crippen molar-refractivity contribution in [2.45, 2.75) is 52.0 Å². The van der Waals surface area contributed by atoms with Gasteiger partial charge in [0.2, 0.25) is 5.91 Å². The van der Waals surface area contributed by atoms with E-state index in [0.717, 1.165) is 57.7 Å². The lowest BCUT2D eigenvalue weighted by Crippen LogP contribution is -2.39. The summed E-state index contributed by atoms with van der Waals surface area (Å²) in [5.74, 6) is 1.22. The zero-order chi connectivity index (χ0) is 17.7. The maximum Gasteiger partial charge on any atom is 0.223 e. The van der Waals surface area contributed by atoms with Crippen molar-refractivity contribution in [2.75, 3.05) is 31.5 Å². The van der Waals surface area contributed by atoms with Crippen LogP contribution in [0.4, 0.5) is 5.82 Å². The monoisotopic (exact) mass is 345 g/mol. The highest BCUT2D eigenvalue weighted by atomic mass is 16.1. The van der Waals surface area contributed by atoms with Gasteiger partial charge in [-0.2, -0.15) is 0 Å². The molecule has 0 bridgehead atoms. The topological polar surface area (TPSA) is 70.2 Å².